The second-order valence-corrected chi connectivity index (χ2v) is 9.61. The van der Waals surface area contributed by atoms with Crippen molar-refractivity contribution in [3.63, 3.8) is 0 Å². The number of methoxy groups -OCH3 is 2. The van der Waals surface area contributed by atoms with Gasteiger partial charge in [-0.05, 0) is 63.5 Å². The molecule has 9 nitrogen and oxygen atoms in total. The number of likely N-dealkylation sites (tertiary alicyclic amines) is 1. The molecule has 194 valence electrons. The molecule has 2 aliphatic rings. The average Bonchev–Trinajstić information content (AvgIpc) is 3.09. The molecule has 1 amide bonds. The van der Waals surface area contributed by atoms with E-state index in [1.165, 1.54) is 20.3 Å². The number of allylic oxidation sites excluding steroid dienone is 2. The fourth-order valence-electron chi connectivity index (χ4n) is 3.99. The zero-order chi connectivity index (χ0) is 26.3. The zero-order valence-corrected chi connectivity index (χ0v) is 21.6. The molecule has 0 aromatic heterocycles. The van der Waals surface area contributed by atoms with Crippen LogP contribution in [0.5, 0.6) is 0 Å². The van der Waals surface area contributed by atoms with Crippen LogP contribution in [-0.2, 0) is 30.3 Å². The summed E-state index contributed by atoms with van der Waals surface area (Å²) in [6, 6.07) is 8.01. The van der Waals surface area contributed by atoms with Crippen LogP contribution >= 0.6 is 0 Å². The van der Waals surface area contributed by atoms with Crippen molar-refractivity contribution in [2.45, 2.75) is 51.8 Å². The Bertz CT molecular complexity index is 1040. The number of hydrogen-bond donors (Lipinski definition) is 1. The number of esters is 2. The van der Waals surface area contributed by atoms with Gasteiger partial charge in [0.25, 0.3) is 0 Å². The standard InChI is InChI=1S/C27H35N3O6/c1-27(2,3)36-26(33)29-16-13-20(14-17-29)28-18-19-9-11-21(12-10-19)30-15-7-6-8-22(24(31)34-4)23(30)25(32)35-5/h6-12,15,20,28H,13-14,16-18H2,1-5H3. The van der Waals surface area contributed by atoms with Gasteiger partial charge in [-0.15, -0.1) is 0 Å². The summed E-state index contributed by atoms with van der Waals surface area (Å²) in [6.45, 7) is 7.60. The number of amides is 1. The molecule has 1 aromatic carbocycles. The summed E-state index contributed by atoms with van der Waals surface area (Å²) in [6.07, 6.45) is 8.08. The molecule has 9 heteroatoms. The second-order valence-electron chi connectivity index (χ2n) is 9.61. The van der Waals surface area contributed by atoms with E-state index in [1.807, 2.05) is 45.0 Å². The van der Waals surface area contributed by atoms with E-state index in [0.29, 0.717) is 31.4 Å². The highest BCUT2D eigenvalue weighted by atomic mass is 16.6. The molecule has 1 N–H and O–H groups in total. The molecule has 0 bridgehead atoms. The molecule has 1 saturated heterocycles. The maximum atomic E-state index is 12.6. The van der Waals surface area contributed by atoms with E-state index in [1.54, 1.807) is 28.2 Å². The number of nitrogens with one attached hydrogen (secondary N) is 1. The normalized spacial score (nSPS) is 16.6. The first-order valence-electron chi connectivity index (χ1n) is 12.0. The predicted octanol–water partition coefficient (Wildman–Crippen LogP) is 3.67. The first-order chi connectivity index (χ1) is 17.1. The van der Waals surface area contributed by atoms with E-state index in [9.17, 15) is 14.4 Å². The van der Waals surface area contributed by atoms with Crippen molar-refractivity contribution < 1.29 is 28.6 Å². The smallest absolute Gasteiger partial charge is 0.410 e. The number of hydrogen-bond acceptors (Lipinski definition) is 8. The minimum atomic E-state index is -0.643. The van der Waals surface area contributed by atoms with Crippen LogP contribution in [0.15, 0.2) is 60.0 Å². The number of nitrogens with zero attached hydrogens (tertiary/aromatic N) is 2. The quantitative estimate of drug-likeness (QED) is 0.470. The van der Waals surface area contributed by atoms with Gasteiger partial charge in [-0.2, -0.15) is 0 Å². The van der Waals surface area contributed by atoms with Crippen LogP contribution in [-0.4, -0.2) is 61.9 Å². The fraction of sp³-hybridized carbons (Fsp3) is 0.444. The topological polar surface area (TPSA) is 97.4 Å². The van der Waals surface area contributed by atoms with Gasteiger partial charge in [0.1, 0.15) is 11.3 Å². The molecule has 1 fully saturated rings. The summed E-state index contributed by atoms with van der Waals surface area (Å²) >= 11 is 0. The van der Waals surface area contributed by atoms with Crippen LogP contribution in [0.3, 0.4) is 0 Å². The summed E-state index contributed by atoms with van der Waals surface area (Å²) in [5.74, 6) is -1.27. The van der Waals surface area contributed by atoms with Gasteiger partial charge in [-0.3, -0.25) is 0 Å². The highest BCUT2D eigenvalue weighted by Gasteiger charge is 2.28. The Morgan fingerprint density at radius 3 is 2.19 bits per heavy atom. The van der Waals surface area contributed by atoms with Crippen molar-refractivity contribution in [2.24, 2.45) is 0 Å². The van der Waals surface area contributed by atoms with Crippen molar-refractivity contribution in [3.05, 3.63) is 65.5 Å². The average molecular weight is 498 g/mol. The first kappa shape index (κ1) is 27.0. The van der Waals surface area contributed by atoms with Gasteiger partial charge in [-0.1, -0.05) is 18.2 Å². The minimum absolute atomic E-state index is 0.0805. The van der Waals surface area contributed by atoms with Crippen LogP contribution in [0.4, 0.5) is 10.5 Å². The summed E-state index contributed by atoms with van der Waals surface area (Å²) in [5, 5.41) is 3.56. The second kappa shape index (κ2) is 11.9. The monoisotopic (exact) mass is 497 g/mol. The van der Waals surface area contributed by atoms with Crippen molar-refractivity contribution >= 4 is 23.7 Å². The first-order valence-corrected chi connectivity index (χ1v) is 12.0. The lowest BCUT2D eigenvalue weighted by Crippen LogP contribution is -2.46. The molecule has 0 atom stereocenters. The van der Waals surface area contributed by atoms with E-state index >= 15 is 0 Å². The van der Waals surface area contributed by atoms with Crippen molar-refractivity contribution in [3.8, 4) is 0 Å². The molecule has 0 aliphatic carbocycles. The largest absolute Gasteiger partial charge is 0.465 e. The highest BCUT2D eigenvalue weighted by molar-refractivity contribution is 6.05. The third kappa shape index (κ3) is 6.97. The number of piperidine rings is 1. The lowest BCUT2D eigenvalue weighted by atomic mass is 10.0. The molecular formula is C27H35N3O6. The van der Waals surface area contributed by atoms with Gasteiger partial charge in [0.2, 0.25) is 0 Å². The van der Waals surface area contributed by atoms with Gasteiger partial charge in [0.15, 0.2) is 0 Å². The SMILES string of the molecule is COC(=O)C1=C(C(=O)OC)N(c2ccc(CNC3CCN(C(=O)OC(C)(C)C)CC3)cc2)C=CC=C1. The van der Waals surface area contributed by atoms with Gasteiger partial charge >= 0.3 is 18.0 Å². The van der Waals surface area contributed by atoms with Crippen molar-refractivity contribution in [1.29, 1.82) is 0 Å². The summed E-state index contributed by atoms with van der Waals surface area (Å²) in [4.78, 5) is 40.5. The molecule has 36 heavy (non-hydrogen) atoms. The van der Waals surface area contributed by atoms with Gasteiger partial charge in [0, 0.05) is 37.6 Å². The van der Waals surface area contributed by atoms with E-state index in [-0.39, 0.29) is 17.4 Å². The van der Waals surface area contributed by atoms with Crippen LogP contribution < -0.4 is 10.2 Å². The highest BCUT2D eigenvalue weighted by Crippen LogP contribution is 2.26. The molecular weight excluding hydrogens is 462 g/mol. The maximum absolute atomic E-state index is 12.6. The number of benzene rings is 1. The van der Waals surface area contributed by atoms with Crippen molar-refractivity contribution in [2.75, 3.05) is 32.2 Å². The number of ether oxygens (including phenoxy) is 3. The van der Waals surface area contributed by atoms with Gasteiger partial charge in [0.05, 0.1) is 19.8 Å². The predicted molar refractivity (Wildman–Crippen MR) is 136 cm³/mol. The summed E-state index contributed by atoms with van der Waals surface area (Å²) in [7, 11) is 2.54. The Labute approximate surface area is 212 Å². The Balaban J connectivity index is 1.62. The Morgan fingerprint density at radius 1 is 0.972 bits per heavy atom. The lowest BCUT2D eigenvalue weighted by Gasteiger charge is -2.33. The Morgan fingerprint density at radius 2 is 1.61 bits per heavy atom. The molecule has 1 aromatic rings. The maximum Gasteiger partial charge on any atom is 0.410 e. The van der Waals surface area contributed by atoms with Crippen molar-refractivity contribution in [1.82, 2.24) is 10.2 Å². The van der Waals surface area contributed by atoms with Crippen LogP contribution in [0, 0.1) is 0 Å². The lowest BCUT2D eigenvalue weighted by molar-refractivity contribution is -0.139. The van der Waals surface area contributed by atoms with E-state index in [4.69, 9.17) is 14.2 Å². The molecule has 0 spiro atoms. The van der Waals surface area contributed by atoms with E-state index in [0.717, 1.165) is 18.4 Å². The molecule has 0 radical (unpaired) electrons. The summed E-state index contributed by atoms with van der Waals surface area (Å²) in [5.41, 5.74) is 1.47. The Hall–Kier alpha value is -3.59. The molecule has 2 aliphatic heterocycles. The zero-order valence-electron chi connectivity index (χ0n) is 21.6. The van der Waals surface area contributed by atoms with Gasteiger partial charge in [-0.25, -0.2) is 14.4 Å². The molecule has 3 rings (SSSR count). The van der Waals surface area contributed by atoms with Gasteiger partial charge < -0.3 is 29.3 Å². The van der Waals surface area contributed by atoms with Crippen LogP contribution in [0.2, 0.25) is 0 Å². The molecule has 0 saturated carbocycles. The summed E-state index contributed by atoms with van der Waals surface area (Å²) < 4.78 is 15.3. The minimum Gasteiger partial charge on any atom is -0.465 e. The molecule has 0 unspecified atom stereocenters. The van der Waals surface area contributed by atoms with Crippen LogP contribution in [0.25, 0.3) is 0 Å². The van der Waals surface area contributed by atoms with E-state index < -0.39 is 17.5 Å². The number of rotatable bonds is 6. The third-order valence-electron chi connectivity index (χ3n) is 5.85. The fourth-order valence-corrected chi connectivity index (χ4v) is 3.99. The number of carbonyl (C=O) groups is 3. The Kier molecular flexibility index (Phi) is 8.93. The molecule has 2 heterocycles. The van der Waals surface area contributed by atoms with E-state index in [2.05, 4.69) is 5.32 Å². The number of anilines is 1. The van der Waals surface area contributed by atoms with Crippen LogP contribution in [0.1, 0.15) is 39.2 Å². The third-order valence-corrected chi connectivity index (χ3v) is 5.85. The number of carbonyl (C=O) groups excluding carboxylic acids is 3.